The lowest BCUT2D eigenvalue weighted by molar-refractivity contribution is -0.137. The zero-order chi connectivity index (χ0) is 14.3. The molecule has 2 aromatic heterocycles. The minimum absolute atomic E-state index is 0.205. The molecule has 1 saturated heterocycles. The molecule has 3 heterocycles. The molecule has 0 spiro atoms. The number of hydrogen-bond donors (Lipinski definition) is 2. The largest absolute Gasteiger partial charge is 0.378 e. The quantitative estimate of drug-likeness (QED) is 0.790. The number of carbonyl (C=O) groups is 1. The third kappa shape index (κ3) is 1.90. The van der Waals surface area contributed by atoms with Gasteiger partial charge >= 0.3 is 0 Å². The smallest absolute Gasteiger partial charge is 0.251 e. The van der Waals surface area contributed by atoms with Gasteiger partial charge in [-0.1, -0.05) is 0 Å². The van der Waals surface area contributed by atoms with Crippen LogP contribution in [-0.2, 0) is 11.8 Å². The van der Waals surface area contributed by atoms with E-state index in [0.717, 1.165) is 23.3 Å². The average molecular weight is 275 g/mol. The molecule has 3 rings (SSSR count). The Balaban J connectivity index is 2.01. The summed E-state index contributed by atoms with van der Waals surface area (Å²) in [5, 5.41) is 15.4. The van der Waals surface area contributed by atoms with Gasteiger partial charge in [0.05, 0.1) is 23.8 Å². The van der Waals surface area contributed by atoms with Crippen LogP contribution in [0.3, 0.4) is 0 Å². The van der Waals surface area contributed by atoms with Crippen molar-refractivity contribution in [3.8, 4) is 0 Å². The van der Waals surface area contributed by atoms with E-state index in [1.165, 1.54) is 0 Å². The van der Waals surface area contributed by atoms with Crippen molar-refractivity contribution in [2.75, 3.05) is 18.0 Å². The van der Waals surface area contributed by atoms with Crippen molar-refractivity contribution in [2.24, 2.45) is 12.8 Å². The van der Waals surface area contributed by atoms with Gasteiger partial charge in [0.2, 0.25) is 0 Å². The number of nitrogens with two attached hydrogens (primary N) is 1. The molecule has 0 aliphatic carbocycles. The van der Waals surface area contributed by atoms with Crippen molar-refractivity contribution < 1.29 is 9.90 Å². The molecule has 1 atom stereocenters. The maximum Gasteiger partial charge on any atom is 0.251 e. The number of aliphatic hydroxyl groups is 1. The number of aryl methyl sites for hydroxylation is 1. The third-order valence-electron chi connectivity index (χ3n) is 3.88. The first kappa shape index (κ1) is 12.9. The second-order valence-electron chi connectivity index (χ2n) is 5.26. The van der Waals surface area contributed by atoms with E-state index in [4.69, 9.17) is 5.73 Å². The van der Waals surface area contributed by atoms with Crippen molar-refractivity contribution in [1.82, 2.24) is 14.8 Å². The Morgan fingerprint density at radius 1 is 1.55 bits per heavy atom. The van der Waals surface area contributed by atoms with Crippen LogP contribution < -0.4 is 10.6 Å². The number of rotatable bonds is 2. The number of piperidine rings is 1. The normalized spacial score (nSPS) is 23.2. The average Bonchev–Trinajstić information content (AvgIpc) is 2.81. The number of aromatic nitrogens is 3. The predicted octanol–water partition coefficient (Wildman–Crippen LogP) is -0.215. The molecule has 0 unspecified atom stereocenters. The SMILES string of the molecule is Cn1ncc2c(N3CCC[C@@](O)(C(N)=O)C3)ccnc21. The first-order chi connectivity index (χ1) is 9.51. The molecule has 20 heavy (non-hydrogen) atoms. The zero-order valence-electron chi connectivity index (χ0n) is 11.3. The predicted molar refractivity (Wildman–Crippen MR) is 74.1 cm³/mol. The van der Waals surface area contributed by atoms with Gasteiger partial charge in [-0.05, 0) is 18.9 Å². The monoisotopic (exact) mass is 275 g/mol. The second kappa shape index (κ2) is 4.45. The Morgan fingerprint density at radius 2 is 2.35 bits per heavy atom. The van der Waals surface area contributed by atoms with Crippen molar-refractivity contribution in [1.29, 1.82) is 0 Å². The van der Waals surface area contributed by atoms with Crippen LogP contribution in [-0.4, -0.2) is 44.5 Å². The first-order valence-electron chi connectivity index (χ1n) is 6.55. The highest BCUT2D eigenvalue weighted by molar-refractivity contribution is 5.90. The fraction of sp³-hybridized carbons (Fsp3) is 0.462. The highest BCUT2D eigenvalue weighted by Crippen LogP contribution is 2.30. The Kier molecular flexibility index (Phi) is 2.86. The number of anilines is 1. The van der Waals surface area contributed by atoms with Crippen LogP contribution in [0.15, 0.2) is 18.5 Å². The standard InChI is InChI=1S/C13H17N5O2/c1-17-11-9(7-16-17)10(3-5-15-11)18-6-2-4-13(20,8-18)12(14)19/h3,5,7,20H,2,4,6,8H2,1H3,(H2,14,19)/t13-/m0/s1. The fourth-order valence-electron chi connectivity index (χ4n) is 2.75. The molecule has 1 fully saturated rings. The third-order valence-corrected chi connectivity index (χ3v) is 3.88. The van der Waals surface area contributed by atoms with Crippen LogP contribution in [0.5, 0.6) is 0 Å². The Hall–Kier alpha value is -2.15. The van der Waals surface area contributed by atoms with Crippen LogP contribution in [0.25, 0.3) is 11.0 Å². The molecule has 7 heteroatoms. The summed E-state index contributed by atoms with van der Waals surface area (Å²) in [6, 6.07) is 1.87. The fourth-order valence-corrected chi connectivity index (χ4v) is 2.75. The molecule has 0 aromatic carbocycles. The maximum atomic E-state index is 11.4. The summed E-state index contributed by atoms with van der Waals surface area (Å²) in [5.41, 5.74) is 5.54. The van der Waals surface area contributed by atoms with Crippen molar-refractivity contribution in [2.45, 2.75) is 18.4 Å². The minimum Gasteiger partial charge on any atom is -0.378 e. The summed E-state index contributed by atoms with van der Waals surface area (Å²) in [4.78, 5) is 17.7. The molecule has 3 N–H and O–H groups in total. The topological polar surface area (TPSA) is 97.3 Å². The molecule has 106 valence electrons. The molecule has 1 aliphatic rings. The minimum atomic E-state index is -1.46. The summed E-state index contributed by atoms with van der Waals surface area (Å²) in [5.74, 6) is -0.668. The van der Waals surface area contributed by atoms with Crippen molar-refractivity contribution >= 4 is 22.6 Å². The maximum absolute atomic E-state index is 11.4. The van der Waals surface area contributed by atoms with Gasteiger partial charge in [-0.15, -0.1) is 0 Å². The summed E-state index contributed by atoms with van der Waals surface area (Å²) >= 11 is 0. The molecular weight excluding hydrogens is 258 g/mol. The summed E-state index contributed by atoms with van der Waals surface area (Å²) in [7, 11) is 1.83. The lowest BCUT2D eigenvalue weighted by Gasteiger charge is -2.38. The molecular formula is C13H17N5O2. The van der Waals surface area contributed by atoms with E-state index in [9.17, 15) is 9.90 Å². The Bertz CT molecular complexity index is 668. The Morgan fingerprint density at radius 3 is 3.10 bits per heavy atom. The molecule has 0 radical (unpaired) electrons. The van der Waals surface area contributed by atoms with Crippen LogP contribution in [0.1, 0.15) is 12.8 Å². The lowest BCUT2D eigenvalue weighted by atomic mass is 9.92. The van der Waals surface area contributed by atoms with Gasteiger partial charge in [0, 0.05) is 19.8 Å². The summed E-state index contributed by atoms with van der Waals surface area (Å²) < 4.78 is 1.70. The number of pyridine rings is 1. The number of β-amino-alcohol motifs (C(OH)–C–C–N with tert-alkyl or cyclic N) is 1. The number of hydrogen-bond acceptors (Lipinski definition) is 5. The molecule has 2 aromatic rings. The van der Waals surface area contributed by atoms with E-state index < -0.39 is 11.5 Å². The van der Waals surface area contributed by atoms with Gasteiger partial charge in [0.1, 0.15) is 0 Å². The first-order valence-corrected chi connectivity index (χ1v) is 6.55. The van der Waals surface area contributed by atoms with E-state index >= 15 is 0 Å². The lowest BCUT2D eigenvalue weighted by Crippen LogP contribution is -2.56. The van der Waals surface area contributed by atoms with Crippen molar-refractivity contribution in [3.05, 3.63) is 18.5 Å². The van der Waals surface area contributed by atoms with Gasteiger partial charge in [0.15, 0.2) is 11.2 Å². The van der Waals surface area contributed by atoms with Gasteiger partial charge in [-0.3, -0.25) is 9.48 Å². The Labute approximate surface area is 116 Å². The molecule has 0 saturated carbocycles. The molecule has 0 bridgehead atoms. The highest BCUT2D eigenvalue weighted by Gasteiger charge is 2.39. The number of carbonyl (C=O) groups excluding carboxylic acids is 1. The van der Waals surface area contributed by atoms with E-state index in [1.807, 2.05) is 18.0 Å². The van der Waals surface area contributed by atoms with Gasteiger partial charge in [-0.25, -0.2) is 4.98 Å². The van der Waals surface area contributed by atoms with E-state index in [1.54, 1.807) is 17.1 Å². The number of nitrogens with zero attached hydrogens (tertiary/aromatic N) is 4. The van der Waals surface area contributed by atoms with Gasteiger partial charge < -0.3 is 15.7 Å². The van der Waals surface area contributed by atoms with E-state index in [0.29, 0.717) is 12.8 Å². The number of fused-ring (bicyclic) bond motifs is 1. The van der Waals surface area contributed by atoms with Gasteiger partial charge in [-0.2, -0.15) is 5.10 Å². The highest BCUT2D eigenvalue weighted by atomic mass is 16.3. The zero-order valence-corrected chi connectivity index (χ0v) is 11.3. The van der Waals surface area contributed by atoms with Crippen LogP contribution in [0, 0.1) is 0 Å². The molecule has 1 amide bonds. The van der Waals surface area contributed by atoms with E-state index in [2.05, 4.69) is 10.1 Å². The molecule has 1 aliphatic heterocycles. The number of primary amides is 1. The van der Waals surface area contributed by atoms with Crippen LogP contribution >= 0.6 is 0 Å². The molecule has 7 nitrogen and oxygen atoms in total. The van der Waals surface area contributed by atoms with Gasteiger partial charge in [0.25, 0.3) is 5.91 Å². The van der Waals surface area contributed by atoms with Crippen LogP contribution in [0.2, 0.25) is 0 Å². The summed E-state index contributed by atoms with van der Waals surface area (Å²) in [6.45, 7) is 0.972. The van der Waals surface area contributed by atoms with E-state index in [-0.39, 0.29) is 6.54 Å². The second-order valence-corrected chi connectivity index (χ2v) is 5.26. The summed E-state index contributed by atoms with van der Waals surface area (Å²) in [6.07, 6.45) is 4.57. The van der Waals surface area contributed by atoms with Crippen LogP contribution in [0.4, 0.5) is 5.69 Å². The number of amides is 1. The van der Waals surface area contributed by atoms with Crippen molar-refractivity contribution in [3.63, 3.8) is 0 Å².